The number of aliphatic carboxylic acids is 1. The van der Waals surface area contributed by atoms with Gasteiger partial charge in [-0.1, -0.05) is 30.3 Å². The molecule has 178 valence electrons. The third-order valence-electron chi connectivity index (χ3n) is 5.05. The summed E-state index contributed by atoms with van der Waals surface area (Å²) in [6, 6.07) is 15.7. The summed E-state index contributed by atoms with van der Waals surface area (Å²) in [6.45, 7) is 2.83. The molecule has 2 rings (SSSR count). The number of carbonyl (C=O) groups excluding carboxylic acids is 2. The molecule has 0 saturated carbocycles. The number of carbonyl (C=O) groups is 3. The number of nitrogens with one attached hydrogen (secondary N) is 2. The van der Waals surface area contributed by atoms with Crippen molar-refractivity contribution in [3.63, 3.8) is 0 Å². The maximum absolute atomic E-state index is 12.9. The molecule has 33 heavy (non-hydrogen) atoms. The van der Waals surface area contributed by atoms with Crippen LogP contribution in [0.2, 0.25) is 0 Å². The lowest BCUT2D eigenvalue weighted by Gasteiger charge is -2.21. The van der Waals surface area contributed by atoms with Crippen LogP contribution in [0.4, 0.5) is 0 Å². The van der Waals surface area contributed by atoms with Gasteiger partial charge in [0.15, 0.2) is 0 Å². The Morgan fingerprint density at radius 3 is 2.15 bits per heavy atom. The quantitative estimate of drug-likeness (QED) is 0.377. The minimum absolute atomic E-state index is 0.312. The molecule has 0 aliphatic rings. The third-order valence-corrected chi connectivity index (χ3v) is 5.05. The van der Waals surface area contributed by atoms with Gasteiger partial charge in [-0.15, -0.1) is 0 Å². The monoisotopic (exact) mass is 456 g/mol. The summed E-state index contributed by atoms with van der Waals surface area (Å²) in [5.74, 6) is -1.20. The van der Waals surface area contributed by atoms with Crippen molar-refractivity contribution in [3.05, 3.63) is 60.2 Å². The van der Waals surface area contributed by atoms with E-state index in [9.17, 15) is 19.5 Å². The Labute approximate surface area is 194 Å². The van der Waals surface area contributed by atoms with Gasteiger partial charge in [-0.3, -0.25) is 14.4 Å². The molecule has 2 aromatic rings. The summed E-state index contributed by atoms with van der Waals surface area (Å²) in [7, 11) is 1.50. The van der Waals surface area contributed by atoms with Crippen molar-refractivity contribution in [1.29, 1.82) is 0 Å². The van der Waals surface area contributed by atoms with E-state index in [4.69, 9.17) is 9.47 Å². The fraction of sp³-hybridized carbons (Fsp3) is 0.400. The molecule has 0 spiro atoms. The Hall–Kier alpha value is -3.55. The van der Waals surface area contributed by atoms with Crippen molar-refractivity contribution in [1.82, 2.24) is 10.6 Å². The first-order valence-electron chi connectivity index (χ1n) is 11.1. The van der Waals surface area contributed by atoms with Crippen molar-refractivity contribution in [2.24, 2.45) is 5.92 Å². The van der Waals surface area contributed by atoms with Crippen LogP contribution >= 0.6 is 0 Å². The van der Waals surface area contributed by atoms with E-state index in [-0.39, 0.29) is 12.3 Å². The van der Waals surface area contributed by atoms with E-state index >= 15 is 0 Å². The summed E-state index contributed by atoms with van der Waals surface area (Å²) in [5, 5.41) is 14.5. The lowest BCUT2D eigenvalue weighted by Crippen LogP contribution is -2.49. The van der Waals surface area contributed by atoms with Crippen LogP contribution in [0.1, 0.15) is 31.7 Å². The highest BCUT2D eigenvalue weighted by Gasteiger charge is 2.26. The fourth-order valence-electron chi connectivity index (χ4n) is 3.38. The highest BCUT2D eigenvalue weighted by atomic mass is 16.5. The first-order chi connectivity index (χ1) is 15.9. The van der Waals surface area contributed by atoms with Crippen molar-refractivity contribution in [2.75, 3.05) is 20.3 Å². The Morgan fingerprint density at radius 2 is 1.58 bits per heavy atom. The number of hydrogen-bond acceptors (Lipinski definition) is 5. The van der Waals surface area contributed by atoms with Gasteiger partial charge in [-0.2, -0.15) is 0 Å². The largest absolute Gasteiger partial charge is 0.494 e. The molecule has 8 heteroatoms. The maximum atomic E-state index is 12.9. The summed E-state index contributed by atoms with van der Waals surface area (Å²) < 4.78 is 11.1. The first kappa shape index (κ1) is 25.7. The van der Waals surface area contributed by atoms with Crippen molar-refractivity contribution in [2.45, 2.75) is 38.6 Å². The van der Waals surface area contributed by atoms with Crippen molar-refractivity contribution >= 4 is 17.8 Å². The minimum Gasteiger partial charge on any atom is -0.494 e. The van der Waals surface area contributed by atoms with Gasteiger partial charge < -0.3 is 25.2 Å². The lowest BCUT2D eigenvalue weighted by molar-refractivity contribution is -0.141. The van der Waals surface area contributed by atoms with Crippen LogP contribution in [-0.2, 0) is 20.8 Å². The van der Waals surface area contributed by atoms with E-state index in [1.54, 1.807) is 12.1 Å². The molecule has 0 heterocycles. The zero-order chi connectivity index (χ0) is 24.1. The van der Waals surface area contributed by atoms with Gasteiger partial charge in [0.2, 0.25) is 11.8 Å². The molecule has 0 aromatic heterocycles. The van der Waals surface area contributed by atoms with Crippen LogP contribution in [0.3, 0.4) is 0 Å². The molecule has 0 unspecified atom stereocenters. The van der Waals surface area contributed by atoms with Crippen LogP contribution in [0.5, 0.6) is 11.5 Å². The highest BCUT2D eigenvalue weighted by molar-refractivity contribution is 5.89. The van der Waals surface area contributed by atoms with Crippen molar-refractivity contribution < 1.29 is 29.0 Å². The normalized spacial score (nSPS) is 12.3. The predicted octanol–water partition coefficient (Wildman–Crippen LogP) is 2.81. The van der Waals surface area contributed by atoms with Crippen LogP contribution in [0.25, 0.3) is 0 Å². The summed E-state index contributed by atoms with van der Waals surface area (Å²) in [6.07, 6.45) is 0.802. The number of likely N-dealkylation sites (N-methyl/N-ethyl adjacent to an activating group) is 1. The summed E-state index contributed by atoms with van der Waals surface area (Å²) >= 11 is 0. The molecule has 0 fully saturated rings. The van der Waals surface area contributed by atoms with Gasteiger partial charge >= 0.3 is 5.97 Å². The Kier molecular flexibility index (Phi) is 10.7. The molecule has 2 amide bonds. The van der Waals surface area contributed by atoms with Crippen LogP contribution in [-0.4, -0.2) is 49.2 Å². The van der Waals surface area contributed by atoms with Gasteiger partial charge in [0.25, 0.3) is 0 Å². The second-order valence-corrected chi connectivity index (χ2v) is 7.56. The number of rotatable bonds is 14. The van der Waals surface area contributed by atoms with Crippen molar-refractivity contribution in [3.8, 4) is 11.5 Å². The van der Waals surface area contributed by atoms with Crippen LogP contribution in [0.15, 0.2) is 54.6 Å². The van der Waals surface area contributed by atoms with E-state index in [0.29, 0.717) is 38.2 Å². The molecular formula is C25H32N2O6. The summed E-state index contributed by atoms with van der Waals surface area (Å²) in [5.41, 5.74) is 0.893. The molecule has 0 bridgehead atoms. The molecule has 2 aromatic carbocycles. The first-order valence-corrected chi connectivity index (χ1v) is 11.1. The lowest BCUT2D eigenvalue weighted by atomic mass is 9.97. The van der Waals surface area contributed by atoms with E-state index in [0.717, 1.165) is 11.3 Å². The molecule has 8 nitrogen and oxygen atoms in total. The Morgan fingerprint density at radius 1 is 0.939 bits per heavy atom. The molecule has 0 aliphatic heterocycles. The van der Waals surface area contributed by atoms with E-state index in [2.05, 4.69) is 10.6 Å². The van der Waals surface area contributed by atoms with E-state index in [1.807, 2.05) is 49.4 Å². The minimum atomic E-state index is -1.07. The topological polar surface area (TPSA) is 114 Å². The molecule has 0 saturated heterocycles. The second kappa shape index (κ2) is 13.8. The maximum Gasteiger partial charge on any atom is 0.304 e. The van der Waals surface area contributed by atoms with Crippen LogP contribution in [0, 0.1) is 5.92 Å². The van der Waals surface area contributed by atoms with Gasteiger partial charge in [-0.05, 0) is 49.6 Å². The standard InChI is InChI=1S/C25H32N2O6/c1-3-32-20-11-13-21(14-12-20)33-15-7-10-19(17-23(28)29)24(30)27-22(25(31)26-2)16-18-8-5-4-6-9-18/h4-6,8-9,11-14,19,22H,3,7,10,15-17H2,1-2H3,(H,26,31)(H,27,30)(H,28,29)/t19-,22+/m1/s1. The number of benzene rings is 2. The highest BCUT2D eigenvalue weighted by Crippen LogP contribution is 2.19. The molecule has 2 atom stereocenters. The fourth-order valence-corrected chi connectivity index (χ4v) is 3.38. The zero-order valence-electron chi connectivity index (χ0n) is 19.1. The number of carboxylic acids is 1. The predicted molar refractivity (Wildman–Crippen MR) is 124 cm³/mol. The average Bonchev–Trinajstić information content (AvgIpc) is 2.81. The number of hydrogen-bond donors (Lipinski definition) is 3. The SMILES string of the molecule is CCOc1ccc(OCCC[C@H](CC(=O)O)C(=O)N[C@@H](Cc2ccccc2)C(=O)NC)cc1. The van der Waals surface area contributed by atoms with Gasteiger partial charge in [-0.25, -0.2) is 0 Å². The summed E-state index contributed by atoms with van der Waals surface area (Å²) in [4.78, 5) is 36.5. The third kappa shape index (κ3) is 9.22. The molecule has 3 N–H and O–H groups in total. The molecule has 0 aliphatic carbocycles. The Balaban J connectivity index is 1.92. The second-order valence-electron chi connectivity index (χ2n) is 7.56. The molecule has 0 radical (unpaired) electrons. The molecular weight excluding hydrogens is 424 g/mol. The number of carboxylic acid groups (broad SMARTS) is 1. The smallest absolute Gasteiger partial charge is 0.304 e. The number of ether oxygens (including phenoxy) is 2. The van der Waals surface area contributed by atoms with Gasteiger partial charge in [0, 0.05) is 19.4 Å². The zero-order valence-corrected chi connectivity index (χ0v) is 19.1. The van der Waals surface area contributed by atoms with Gasteiger partial charge in [0.1, 0.15) is 17.5 Å². The Bertz CT molecular complexity index is 886. The average molecular weight is 457 g/mol. The van der Waals surface area contributed by atoms with E-state index < -0.39 is 23.8 Å². The van der Waals surface area contributed by atoms with Gasteiger partial charge in [0.05, 0.1) is 19.6 Å². The van der Waals surface area contributed by atoms with Crippen LogP contribution < -0.4 is 20.1 Å². The number of amides is 2. The van der Waals surface area contributed by atoms with E-state index in [1.165, 1.54) is 7.05 Å².